The van der Waals surface area contributed by atoms with Gasteiger partial charge in [-0.05, 0) is 24.4 Å². The summed E-state index contributed by atoms with van der Waals surface area (Å²) in [5.41, 5.74) is 2.05. The van der Waals surface area contributed by atoms with E-state index in [1.807, 2.05) is 23.9 Å². The van der Waals surface area contributed by atoms with Crippen molar-refractivity contribution in [2.75, 3.05) is 31.1 Å². The first-order valence-corrected chi connectivity index (χ1v) is 8.37. The predicted molar refractivity (Wildman–Crippen MR) is 85.9 cm³/mol. The Morgan fingerprint density at radius 2 is 2.05 bits per heavy atom. The Hall–Kier alpha value is -0.490. The number of hydrogen-bond acceptors (Lipinski definition) is 3. The Labute approximate surface area is 126 Å². The zero-order chi connectivity index (χ0) is 13.2. The molecule has 1 aromatic carbocycles. The number of halogens is 1. The van der Waals surface area contributed by atoms with Crippen LogP contribution in [0.1, 0.15) is 0 Å². The maximum Gasteiger partial charge on any atom is 0.178 e. The number of benzene rings is 1. The number of rotatable bonds is 3. The molecule has 1 aromatic heterocycles. The highest BCUT2D eigenvalue weighted by molar-refractivity contribution is 7.99. The Morgan fingerprint density at radius 1 is 1.26 bits per heavy atom. The van der Waals surface area contributed by atoms with Crippen LogP contribution in [0.5, 0.6) is 0 Å². The number of thioether (sulfide) groups is 1. The zero-order valence-electron chi connectivity index (χ0n) is 10.6. The quantitative estimate of drug-likeness (QED) is 0.879. The summed E-state index contributed by atoms with van der Waals surface area (Å²) in [5.74, 6) is 2.48. The number of aromatic amines is 1. The maximum absolute atomic E-state index is 6.19. The molecule has 1 aliphatic heterocycles. The first kappa shape index (κ1) is 13.5. The van der Waals surface area contributed by atoms with Gasteiger partial charge in [0.1, 0.15) is 0 Å². The van der Waals surface area contributed by atoms with Crippen molar-refractivity contribution in [1.82, 2.24) is 14.5 Å². The highest BCUT2D eigenvalue weighted by atomic mass is 35.5. The molecule has 0 radical (unpaired) electrons. The van der Waals surface area contributed by atoms with Gasteiger partial charge >= 0.3 is 0 Å². The first-order valence-electron chi connectivity index (χ1n) is 6.43. The summed E-state index contributed by atoms with van der Waals surface area (Å²) in [6.07, 6.45) is 0. The Morgan fingerprint density at radius 3 is 2.84 bits per heavy atom. The van der Waals surface area contributed by atoms with Crippen LogP contribution in [0.3, 0.4) is 0 Å². The second-order valence-electron chi connectivity index (χ2n) is 4.67. The Kier molecular flexibility index (Phi) is 4.17. The van der Waals surface area contributed by atoms with Gasteiger partial charge in [-0.2, -0.15) is 11.8 Å². The molecule has 3 rings (SSSR count). The lowest BCUT2D eigenvalue weighted by molar-refractivity contribution is 0.290. The second kappa shape index (κ2) is 5.87. The molecule has 6 heteroatoms. The molecule has 0 spiro atoms. The standard InChI is InChI=1S/C13H16ClN3S2/c14-10-2-1-3-11-12(10)15-13(18)17(11)5-4-16-6-8-19-9-7-16/h1-3H,4-9H2,(H,15,18). The van der Waals surface area contributed by atoms with E-state index in [0.29, 0.717) is 0 Å². The lowest BCUT2D eigenvalue weighted by Gasteiger charge is -2.26. The van der Waals surface area contributed by atoms with E-state index < -0.39 is 0 Å². The predicted octanol–water partition coefficient (Wildman–Crippen LogP) is 3.40. The SMILES string of the molecule is S=c1[nH]c2c(Cl)cccc2n1CCN1CCSCC1. The summed E-state index contributed by atoms with van der Waals surface area (Å²) in [6.45, 7) is 4.33. The maximum atomic E-state index is 6.19. The summed E-state index contributed by atoms with van der Waals surface area (Å²) in [4.78, 5) is 5.71. The van der Waals surface area contributed by atoms with Crippen LogP contribution in [-0.2, 0) is 6.54 Å². The molecule has 2 aromatic rings. The van der Waals surface area contributed by atoms with Gasteiger partial charge in [0.2, 0.25) is 0 Å². The van der Waals surface area contributed by atoms with E-state index in [9.17, 15) is 0 Å². The molecule has 3 nitrogen and oxygen atoms in total. The highest BCUT2D eigenvalue weighted by Crippen LogP contribution is 2.22. The number of nitrogens with one attached hydrogen (secondary N) is 1. The molecule has 0 aliphatic carbocycles. The number of hydrogen-bond donors (Lipinski definition) is 1. The monoisotopic (exact) mass is 313 g/mol. The van der Waals surface area contributed by atoms with Crippen molar-refractivity contribution in [3.8, 4) is 0 Å². The number of nitrogens with zero attached hydrogens (tertiary/aromatic N) is 2. The van der Waals surface area contributed by atoms with E-state index in [0.717, 1.165) is 33.9 Å². The fourth-order valence-electron chi connectivity index (χ4n) is 2.43. The molecule has 0 amide bonds. The molecular formula is C13H16ClN3S2. The van der Waals surface area contributed by atoms with Crippen LogP contribution in [0, 0.1) is 4.77 Å². The molecule has 0 unspecified atom stereocenters. The van der Waals surface area contributed by atoms with E-state index in [1.165, 1.54) is 24.6 Å². The van der Waals surface area contributed by atoms with E-state index in [2.05, 4.69) is 20.5 Å². The van der Waals surface area contributed by atoms with Gasteiger partial charge < -0.3 is 9.55 Å². The smallest absolute Gasteiger partial charge is 0.178 e. The molecule has 0 atom stereocenters. The Bertz CT molecular complexity index is 628. The number of aromatic nitrogens is 2. The third kappa shape index (κ3) is 2.84. The van der Waals surface area contributed by atoms with Crippen molar-refractivity contribution in [2.45, 2.75) is 6.54 Å². The van der Waals surface area contributed by atoms with Gasteiger partial charge in [0.15, 0.2) is 4.77 Å². The molecular weight excluding hydrogens is 298 g/mol. The van der Waals surface area contributed by atoms with Crippen molar-refractivity contribution < 1.29 is 0 Å². The van der Waals surface area contributed by atoms with Crippen molar-refractivity contribution in [1.29, 1.82) is 0 Å². The van der Waals surface area contributed by atoms with Crippen LogP contribution in [-0.4, -0.2) is 45.6 Å². The lowest BCUT2D eigenvalue weighted by atomic mass is 10.3. The average molecular weight is 314 g/mol. The number of fused-ring (bicyclic) bond motifs is 1. The highest BCUT2D eigenvalue weighted by Gasteiger charge is 2.12. The molecule has 1 saturated heterocycles. The number of H-pyrrole nitrogens is 1. The molecule has 1 aliphatic rings. The normalized spacial score (nSPS) is 17.1. The van der Waals surface area contributed by atoms with E-state index in [-0.39, 0.29) is 0 Å². The van der Waals surface area contributed by atoms with Crippen LogP contribution in [0.2, 0.25) is 5.02 Å². The number of imidazole rings is 1. The minimum absolute atomic E-state index is 0.733. The molecule has 0 bridgehead atoms. The first-order chi connectivity index (χ1) is 9.25. The zero-order valence-corrected chi connectivity index (χ0v) is 13.0. The minimum Gasteiger partial charge on any atom is -0.329 e. The van der Waals surface area contributed by atoms with Gasteiger partial charge in [-0.3, -0.25) is 4.90 Å². The third-order valence-electron chi connectivity index (χ3n) is 3.50. The summed E-state index contributed by atoms with van der Waals surface area (Å²) in [5, 5.41) is 0.733. The average Bonchev–Trinajstić information content (AvgIpc) is 2.75. The molecule has 19 heavy (non-hydrogen) atoms. The van der Waals surface area contributed by atoms with Crippen molar-refractivity contribution in [3.05, 3.63) is 28.0 Å². The van der Waals surface area contributed by atoms with Gasteiger partial charge in [-0.25, -0.2) is 0 Å². The number of para-hydroxylation sites is 1. The molecule has 0 saturated carbocycles. The van der Waals surface area contributed by atoms with Crippen LogP contribution < -0.4 is 0 Å². The lowest BCUT2D eigenvalue weighted by Crippen LogP contribution is -2.35. The van der Waals surface area contributed by atoms with Crippen LogP contribution in [0.25, 0.3) is 11.0 Å². The molecule has 2 heterocycles. The van der Waals surface area contributed by atoms with Crippen molar-refractivity contribution >= 4 is 46.6 Å². The molecule has 1 N–H and O–H groups in total. The van der Waals surface area contributed by atoms with E-state index in [1.54, 1.807) is 0 Å². The van der Waals surface area contributed by atoms with Gasteiger partial charge in [-0.1, -0.05) is 17.7 Å². The minimum atomic E-state index is 0.733. The third-order valence-corrected chi connectivity index (χ3v) is 5.08. The second-order valence-corrected chi connectivity index (χ2v) is 6.69. The summed E-state index contributed by atoms with van der Waals surface area (Å²) in [7, 11) is 0. The molecule has 1 fully saturated rings. The van der Waals surface area contributed by atoms with E-state index in [4.69, 9.17) is 23.8 Å². The van der Waals surface area contributed by atoms with Gasteiger partial charge in [0, 0.05) is 37.7 Å². The van der Waals surface area contributed by atoms with E-state index >= 15 is 0 Å². The van der Waals surface area contributed by atoms with Crippen molar-refractivity contribution in [3.63, 3.8) is 0 Å². The fourth-order valence-corrected chi connectivity index (χ4v) is 3.92. The largest absolute Gasteiger partial charge is 0.329 e. The summed E-state index contributed by atoms with van der Waals surface area (Å²) >= 11 is 13.6. The summed E-state index contributed by atoms with van der Waals surface area (Å²) in [6, 6.07) is 5.93. The van der Waals surface area contributed by atoms with Crippen LogP contribution in [0.4, 0.5) is 0 Å². The fraction of sp³-hybridized carbons (Fsp3) is 0.462. The van der Waals surface area contributed by atoms with Gasteiger partial charge in [0.05, 0.1) is 16.1 Å². The van der Waals surface area contributed by atoms with Gasteiger partial charge in [-0.15, -0.1) is 0 Å². The molecule has 102 valence electrons. The van der Waals surface area contributed by atoms with Crippen molar-refractivity contribution in [2.24, 2.45) is 0 Å². The van der Waals surface area contributed by atoms with Crippen LogP contribution >= 0.6 is 35.6 Å². The summed E-state index contributed by atoms with van der Waals surface area (Å²) < 4.78 is 2.91. The van der Waals surface area contributed by atoms with Crippen LogP contribution in [0.15, 0.2) is 18.2 Å². The van der Waals surface area contributed by atoms with Gasteiger partial charge in [0.25, 0.3) is 0 Å². The topological polar surface area (TPSA) is 24.0 Å². The Balaban J connectivity index is 1.82.